The van der Waals surface area contributed by atoms with Gasteiger partial charge in [0.05, 0.1) is 12.0 Å². The van der Waals surface area contributed by atoms with Gasteiger partial charge in [-0.15, -0.1) is 0 Å². The van der Waals surface area contributed by atoms with E-state index in [1.54, 1.807) is 36.8 Å². The fraction of sp³-hybridized carbons (Fsp3) is 0.333. The van der Waals surface area contributed by atoms with Crippen LogP contribution in [0.4, 0.5) is 0 Å². The lowest BCUT2D eigenvalue weighted by atomic mass is 10.1. The van der Waals surface area contributed by atoms with E-state index in [1.807, 2.05) is 25.1 Å². The number of aryl methyl sites for hydroxylation is 3. The smallest absolute Gasteiger partial charge is 0.332 e. The number of H-pyrrole nitrogens is 1. The Kier molecular flexibility index (Phi) is 5.63. The third kappa shape index (κ3) is 3.85. The average molecular weight is 425 g/mol. The number of nitrogens with one attached hydrogen (secondary N) is 1. The number of imidazole rings is 2. The van der Waals surface area contributed by atoms with Crippen molar-refractivity contribution in [3.63, 3.8) is 0 Å². The fourth-order valence-corrected chi connectivity index (χ4v) is 4.35. The standard InChI is InChI=1S/C21H24N6O2S/c1-14-16(12-15-8-5-4-6-9-15)24-20(23-14)30-11-7-10-27-19(28)17-18(22-13-25(17)2)26(3)21(27)29/h4-6,8-9,13H,7,10-12H2,1-3H3,(H,23,24). The lowest BCUT2D eigenvalue weighted by Gasteiger charge is -2.08. The van der Waals surface area contributed by atoms with Gasteiger partial charge in [0, 0.05) is 38.5 Å². The van der Waals surface area contributed by atoms with Gasteiger partial charge in [0.2, 0.25) is 0 Å². The third-order valence-electron chi connectivity index (χ3n) is 5.14. The van der Waals surface area contributed by atoms with Crippen LogP contribution in [0.3, 0.4) is 0 Å². The van der Waals surface area contributed by atoms with Crippen molar-refractivity contribution in [1.29, 1.82) is 0 Å². The second kappa shape index (κ2) is 8.35. The molecule has 9 heteroatoms. The van der Waals surface area contributed by atoms with Gasteiger partial charge in [-0.1, -0.05) is 42.1 Å². The molecule has 0 bridgehead atoms. The first-order valence-electron chi connectivity index (χ1n) is 9.78. The summed E-state index contributed by atoms with van der Waals surface area (Å²) in [6.07, 6.45) is 3.02. The highest BCUT2D eigenvalue weighted by Gasteiger charge is 2.15. The fourth-order valence-electron chi connectivity index (χ4n) is 3.48. The molecule has 4 rings (SSSR count). The molecular weight excluding hydrogens is 400 g/mol. The zero-order chi connectivity index (χ0) is 21.3. The Morgan fingerprint density at radius 2 is 1.90 bits per heavy atom. The van der Waals surface area contributed by atoms with Gasteiger partial charge in [0.25, 0.3) is 5.56 Å². The van der Waals surface area contributed by atoms with Crippen LogP contribution in [0.5, 0.6) is 0 Å². The minimum atomic E-state index is -0.338. The van der Waals surface area contributed by atoms with Crippen LogP contribution in [-0.4, -0.2) is 34.4 Å². The molecule has 0 unspecified atom stereocenters. The molecule has 0 spiro atoms. The largest absolute Gasteiger partial charge is 0.337 e. The van der Waals surface area contributed by atoms with E-state index in [9.17, 15) is 9.59 Å². The molecule has 0 saturated heterocycles. The Balaban J connectivity index is 1.41. The Hall–Kier alpha value is -3.07. The highest BCUT2D eigenvalue weighted by atomic mass is 32.2. The monoisotopic (exact) mass is 424 g/mol. The van der Waals surface area contributed by atoms with Gasteiger partial charge < -0.3 is 9.55 Å². The summed E-state index contributed by atoms with van der Waals surface area (Å²) in [5.41, 5.74) is 3.55. The van der Waals surface area contributed by atoms with Crippen LogP contribution in [-0.2, 0) is 27.1 Å². The maximum absolute atomic E-state index is 12.7. The number of thioether (sulfide) groups is 1. The van der Waals surface area contributed by atoms with E-state index in [2.05, 4.69) is 22.1 Å². The summed E-state index contributed by atoms with van der Waals surface area (Å²) in [5.74, 6) is 0.747. The number of aromatic nitrogens is 6. The van der Waals surface area contributed by atoms with Crippen LogP contribution in [0.25, 0.3) is 11.2 Å². The molecule has 1 aromatic carbocycles. The summed E-state index contributed by atoms with van der Waals surface area (Å²) in [7, 11) is 3.40. The summed E-state index contributed by atoms with van der Waals surface area (Å²) in [5, 5.41) is 0.862. The first-order chi connectivity index (χ1) is 14.5. The Morgan fingerprint density at radius 3 is 2.67 bits per heavy atom. The maximum atomic E-state index is 12.7. The van der Waals surface area contributed by atoms with E-state index in [0.717, 1.165) is 28.7 Å². The van der Waals surface area contributed by atoms with Gasteiger partial charge >= 0.3 is 5.69 Å². The molecule has 0 aliphatic heterocycles. The van der Waals surface area contributed by atoms with E-state index < -0.39 is 0 Å². The number of hydrogen-bond acceptors (Lipinski definition) is 5. The molecule has 0 atom stereocenters. The highest BCUT2D eigenvalue weighted by molar-refractivity contribution is 7.99. The van der Waals surface area contributed by atoms with Crippen LogP contribution in [0.1, 0.15) is 23.4 Å². The molecule has 0 fully saturated rings. The summed E-state index contributed by atoms with van der Waals surface area (Å²) in [6, 6.07) is 10.3. The lowest BCUT2D eigenvalue weighted by Crippen LogP contribution is -2.39. The van der Waals surface area contributed by atoms with Gasteiger partial charge in [0.15, 0.2) is 16.3 Å². The second-order valence-electron chi connectivity index (χ2n) is 7.30. The molecule has 30 heavy (non-hydrogen) atoms. The number of fused-ring (bicyclic) bond motifs is 1. The van der Waals surface area contributed by atoms with Gasteiger partial charge in [-0.05, 0) is 18.9 Å². The van der Waals surface area contributed by atoms with Crippen molar-refractivity contribution < 1.29 is 0 Å². The normalized spacial score (nSPS) is 11.4. The van der Waals surface area contributed by atoms with Gasteiger partial charge in [-0.3, -0.25) is 13.9 Å². The number of benzene rings is 1. The lowest BCUT2D eigenvalue weighted by molar-refractivity contribution is 0.594. The molecular formula is C21H24N6O2S. The molecule has 4 aromatic rings. The van der Waals surface area contributed by atoms with Crippen molar-refractivity contribution in [3.05, 3.63) is 74.4 Å². The van der Waals surface area contributed by atoms with Crippen molar-refractivity contribution in [3.8, 4) is 0 Å². The molecule has 3 aromatic heterocycles. The van der Waals surface area contributed by atoms with Crippen molar-refractivity contribution >= 4 is 22.9 Å². The summed E-state index contributed by atoms with van der Waals surface area (Å²) < 4.78 is 4.37. The second-order valence-corrected chi connectivity index (χ2v) is 8.39. The first-order valence-corrected chi connectivity index (χ1v) is 10.8. The molecule has 0 saturated carbocycles. The topological polar surface area (TPSA) is 90.5 Å². The van der Waals surface area contributed by atoms with Crippen LogP contribution in [0.2, 0.25) is 0 Å². The molecule has 0 amide bonds. The molecule has 0 aliphatic rings. The molecule has 0 aliphatic carbocycles. The Morgan fingerprint density at radius 1 is 1.13 bits per heavy atom. The van der Waals surface area contributed by atoms with Gasteiger partial charge in [-0.25, -0.2) is 14.8 Å². The highest BCUT2D eigenvalue weighted by Crippen LogP contribution is 2.19. The summed E-state index contributed by atoms with van der Waals surface area (Å²) >= 11 is 1.60. The number of aromatic amines is 1. The number of hydrogen-bond donors (Lipinski definition) is 1. The zero-order valence-corrected chi connectivity index (χ0v) is 18.1. The molecule has 3 heterocycles. The van der Waals surface area contributed by atoms with Crippen LogP contribution >= 0.6 is 11.8 Å². The zero-order valence-electron chi connectivity index (χ0n) is 17.3. The predicted octanol–water partition coefficient (Wildman–Crippen LogP) is 2.24. The third-order valence-corrected chi connectivity index (χ3v) is 6.10. The summed E-state index contributed by atoms with van der Waals surface area (Å²) in [6.45, 7) is 2.39. The average Bonchev–Trinajstić information content (AvgIpc) is 3.29. The minimum Gasteiger partial charge on any atom is -0.337 e. The van der Waals surface area contributed by atoms with Crippen LogP contribution in [0, 0.1) is 6.92 Å². The van der Waals surface area contributed by atoms with Crippen molar-refractivity contribution in [2.24, 2.45) is 14.1 Å². The first kappa shape index (κ1) is 20.2. The molecule has 0 radical (unpaired) electrons. The molecule has 1 N–H and O–H groups in total. The van der Waals surface area contributed by atoms with Gasteiger partial charge in [0.1, 0.15) is 0 Å². The van der Waals surface area contributed by atoms with Crippen molar-refractivity contribution in [1.82, 2.24) is 28.7 Å². The van der Waals surface area contributed by atoms with Crippen LogP contribution < -0.4 is 11.2 Å². The van der Waals surface area contributed by atoms with E-state index >= 15 is 0 Å². The van der Waals surface area contributed by atoms with E-state index in [0.29, 0.717) is 24.1 Å². The Labute approximate surface area is 177 Å². The van der Waals surface area contributed by atoms with E-state index in [-0.39, 0.29) is 11.2 Å². The maximum Gasteiger partial charge on any atom is 0.332 e. The van der Waals surface area contributed by atoms with Crippen molar-refractivity contribution in [2.75, 3.05) is 5.75 Å². The van der Waals surface area contributed by atoms with Crippen LogP contribution in [0.15, 0.2) is 51.4 Å². The van der Waals surface area contributed by atoms with E-state index in [4.69, 9.17) is 4.98 Å². The molecule has 156 valence electrons. The summed E-state index contributed by atoms with van der Waals surface area (Å²) in [4.78, 5) is 37.5. The number of nitrogens with zero attached hydrogens (tertiary/aromatic N) is 5. The van der Waals surface area contributed by atoms with Gasteiger partial charge in [-0.2, -0.15) is 0 Å². The quantitative estimate of drug-likeness (QED) is 0.363. The van der Waals surface area contributed by atoms with E-state index in [1.165, 1.54) is 14.7 Å². The number of rotatable bonds is 7. The predicted molar refractivity (Wildman–Crippen MR) is 118 cm³/mol. The minimum absolute atomic E-state index is 0.294. The Bertz CT molecular complexity index is 1300. The SMILES string of the molecule is Cc1[nH]c(SCCCn2c(=O)c3c(ncn3C)n(C)c2=O)nc1Cc1ccccc1. The van der Waals surface area contributed by atoms with Crippen molar-refractivity contribution in [2.45, 2.75) is 31.5 Å². The molecule has 8 nitrogen and oxygen atoms in total.